The van der Waals surface area contributed by atoms with Gasteiger partial charge in [0.05, 0.1) is 0 Å². The number of piperidine rings is 1. The molecule has 1 aliphatic heterocycles. The number of carboxylic acid groups (broad SMARTS) is 1. The zero-order chi connectivity index (χ0) is 19.2. The Bertz CT molecular complexity index is 830. The first kappa shape index (κ1) is 19.1. The summed E-state index contributed by atoms with van der Waals surface area (Å²) in [6.07, 6.45) is 3.82. The third kappa shape index (κ3) is 4.75. The van der Waals surface area contributed by atoms with Gasteiger partial charge in [0.2, 0.25) is 0 Å². The highest BCUT2D eigenvalue weighted by Crippen LogP contribution is 2.30. The van der Waals surface area contributed by atoms with E-state index in [-0.39, 0.29) is 10.7 Å². The summed E-state index contributed by atoms with van der Waals surface area (Å²) in [5.41, 5.74) is 11.3. The van der Waals surface area contributed by atoms with E-state index >= 15 is 0 Å². The van der Waals surface area contributed by atoms with Crippen LogP contribution in [0.1, 0.15) is 19.3 Å². The molecule has 1 saturated heterocycles. The highest BCUT2D eigenvalue weighted by atomic mass is 32.2. The van der Waals surface area contributed by atoms with Gasteiger partial charge in [-0.05, 0) is 54.7 Å². The largest absolute Gasteiger partial charge is 0.476 e. The van der Waals surface area contributed by atoms with E-state index in [0.29, 0.717) is 0 Å². The van der Waals surface area contributed by atoms with Gasteiger partial charge in [-0.3, -0.25) is 5.84 Å². The Hall–Kier alpha value is -2.64. The number of carbonyl (C=O) groups is 1. The normalized spacial score (nSPS) is 15.2. The smallest absolute Gasteiger partial charge is 0.356 e. The van der Waals surface area contributed by atoms with E-state index in [1.54, 1.807) is 0 Å². The molecule has 0 aliphatic carbocycles. The fraction of sp³-hybridized carbons (Fsp3) is 0.250. The van der Waals surface area contributed by atoms with Crippen molar-refractivity contribution in [2.45, 2.75) is 24.2 Å². The second-order valence-corrected chi connectivity index (χ2v) is 7.53. The van der Waals surface area contributed by atoms with Crippen LogP contribution in [0.25, 0.3) is 11.1 Å². The van der Waals surface area contributed by atoms with E-state index in [9.17, 15) is 4.79 Å². The lowest BCUT2D eigenvalue weighted by atomic mass is 10.0. The number of nitrogens with zero attached hydrogens (tertiary/aromatic N) is 1. The number of carboxylic acids is 1. The molecule has 142 valence electrons. The van der Waals surface area contributed by atoms with Crippen molar-refractivity contribution in [3.63, 3.8) is 0 Å². The fourth-order valence-electron chi connectivity index (χ4n) is 3.17. The number of nitrogens with one attached hydrogen (secondary N) is 1. The molecule has 1 aliphatic rings. The zero-order valence-electron chi connectivity index (χ0n) is 15.0. The molecule has 0 amide bonds. The number of nitrogens with two attached hydrogens (primary N) is 2. The highest BCUT2D eigenvalue weighted by molar-refractivity contribution is 8.03. The Morgan fingerprint density at radius 1 is 1.04 bits per heavy atom. The van der Waals surface area contributed by atoms with Crippen LogP contribution in [-0.4, -0.2) is 24.2 Å². The van der Waals surface area contributed by atoms with Crippen molar-refractivity contribution < 1.29 is 9.90 Å². The molecule has 1 heterocycles. The number of hydrogen-bond donors (Lipinski definition) is 4. The van der Waals surface area contributed by atoms with Crippen LogP contribution in [0.5, 0.6) is 0 Å². The van der Waals surface area contributed by atoms with Crippen LogP contribution < -0.4 is 21.9 Å². The molecule has 0 unspecified atom stereocenters. The first-order valence-electron chi connectivity index (χ1n) is 8.91. The number of hydrogen-bond acceptors (Lipinski definition) is 6. The molecule has 6 nitrogen and oxygen atoms in total. The van der Waals surface area contributed by atoms with E-state index in [1.165, 1.54) is 24.9 Å². The number of hydrazine groups is 1. The maximum Gasteiger partial charge on any atom is 0.356 e. The first-order valence-corrected chi connectivity index (χ1v) is 9.73. The summed E-state index contributed by atoms with van der Waals surface area (Å²) in [7, 11) is 0. The maximum absolute atomic E-state index is 11.1. The molecule has 27 heavy (non-hydrogen) atoms. The minimum absolute atomic E-state index is 0.116. The summed E-state index contributed by atoms with van der Waals surface area (Å²) >= 11 is 1.16. The van der Waals surface area contributed by atoms with Gasteiger partial charge in [0.25, 0.3) is 0 Å². The summed E-state index contributed by atoms with van der Waals surface area (Å²) in [4.78, 5) is 14.4. The second-order valence-electron chi connectivity index (χ2n) is 6.41. The quantitative estimate of drug-likeness (QED) is 0.262. The monoisotopic (exact) mass is 384 g/mol. The summed E-state index contributed by atoms with van der Waals surface area (Å²) < 4.78 is 0. The summed E-state index contributed by atoms with van der Waals surface area (Å²) in [5.74, 6) is 4.03. The van der Waals surface area contributed by atoms with E-state index < -0.39 is 5.97 Å². The fourth-order valence-corrected chi connectivity index (χ4v) is 3.94. The van der Waals surface area contributed by atoms with Gasteiger partial charge in [-0.15, -0.1) is 0 Å². The topological polar surface area (TPSA) is 105 Å². The lowest BCUT2D eigenvalue weighted by Gasteiger charge is -2.29. The van der Waals surface area contributed by atoms with Crippen molar-refractivity contribution in [3.05, 3.63) is 59.3 Å². The Balaban J connectivity index is 1.76. The average molecular weight is 385 g/mol. The molecule has 0 saturated carbocycles. The molecule has 0 spiro atoms. The van der Waals surface area contributed by atoms with E-state index in [2.05, 4.69) is 34.6 Å². The lowest BCUT2D eigenvalue weighted by molar-refractivity contribution is -0.133. The van der Waals surface area contributed by atoms with Gasteiger partial charge in [-0.1, -0.05) is 36.0 Å². The van der Waals surface area contributed by atoms with Crippen molar-refractivity contribution >= 4 is 23.4 Å². The number of benzene rings is 2. The summed E-state index contributed by atoms with van der Waals surface area (Å²) in [6, 6.07) is 16.5. The van der Waals surface area contributed by atoms with Gasteiger partial charge in [0, 0.05) is 23.7 Å². The molecule has 6 N–H and O–H groups in total. The molecule has 2 aromatic carbocycles. The van der Waals surface area contributed by atoms with E-state index in [1.807, 2.05) is 24.3 Å². The van der Waals surface area contributed by atoms with Crippen molar-refractivity contribution in [2.24, 2.45) is 11.6 Å². The predicted octanol–water partition coefficient (Wildman–Crippen LogP) is 3.11. The van der Waals surface area contributed by atoms with Crippen molar-refractivity contribution in [1.29, 1.82) is 0 Å². The van der Waals surface area contributed by atoms with Crippen molar-refractivity contribution in [2.75, 3.05) is 18.0 Å². The van der Waals surface area contributed by atoms with Crippen LogP contribution >= 0.6 is 11.8 Å². The van der Waals surface area contributed by atoms with Crippen LogP contribution in [0.4, 0.5) is 5.69 Å². The average Bonchev–Trinajstić information content (AvgIpc) is 2.69. The lowest BCUT2D eigenvalue weighted by Crippen LogP contribution is -2.29. The second kappa shape index (κ2) is 8.83. The molecule has 0 bridgehead atoms. The minimum Gasteiger partial charge on any atom is -0.476 e. The summed E-state index contributed by atoms with van der Waals surface area (Å²) in [6.45, 7) is 2.23. The molecular formula is C20H24N4O2S. The van der Waals surface area contributed by atoms with Crippen LogP contribution in [0.15, 0.2) is 64.2 Å². The zero-order valence-corrected chi connectivity index (χ0v) is 15.8. The SMILES string of the molecule is NN/C(C(=O)O)=C(\N)Sc1ccc(-c2cccc(N3CCCCC3)c2)cc1. The molecule has 7 heteroatoms. The van der Waals surface area contributed by atoms with E-state index in [0.717, 1.165) is 40.9 Å². The number of rotatable bonds is 6. The number of anilines is 1. The Morgan fingerprint density at radius 2 is 1.74 bits per heavy atom. The molecule has 3 rings (SSSR count). The first-order chi connectivity index (χ1) is 13.1. The predicted molar refractivity (Wildman–Crippen MR) is 110 cm³/mol. The Labute approximate surface area is 163 Å². The Kier molecular flexibility index (Phi) is 6.26. The van der Waals surface area contributed by atoms with Crippen LogP contribution in [0.2, 0.25) is 0 Å². The molecule has 1 fully saturated rings. The maximum atomic E-state index is 11.1. The van der Waals surface area contributed by atoms with Crippen molar-refractivity contribution in [1.82, 2.24) is 5.43 Å². The highest BCUT2D eigenvalue weighted by Gasteiger charge is 2.13. The van der Waals surface area contributed by atoms with Crippen LogP contribution in [0.3, 0.4) is 0 Å². The number of thioether (sulfide) groups is 1. The minimum atomic E-state index is -1.19. The van der Waals surface area contributed by atoms with Gasteiger partial charge < -0.3 is 21.2 Å². The third-order valence-electron chi connectivity index (χ3n) is 4.59. The molecule has 2 aromatic rings. The molecule has 0 atom stereocenters. The van der Waals surface area contributed by atoms with Gasteiger partial charge >= 0.3 is 5.97 Å². The third-order valence-corrected chi connectivity index (χ3v) is 5.52. The molecule has 0 aromatic heterocycles. The number of aliphatic carboxylic acids is 1. The van der Waals surface area contributed by atoms with Crippen LogP contribution in [0, 0.1) is 0 Å². The molecule has 0 radical (unpaired) electrons. The van der Waals surface area contributed by atoms with Gasteiger partial charge in [-0.2, -0.15) is 0 Å². The molecular weight excluding hydrogens is 360 g/mol. The van der Waals surface area contributed by atoms with E-state index in [4.69, 9.17) is 16.7 Å². The van der Waals surface area contributed by atoms with Gasteiger partial charge in [-0.25, -0.2) is 4.79 Å². The summed E-state index contributed by atoms with van der Waals surface area (Å²) in [5, 5.41) is 9.17. The standard InChI is InChI=1S/C20H24N4O2S/c21-19(18(23-22)20(25)26)27-17-9-7-14(8-10-17)15-5-4-6-16(13-15)24-11-2-1-3-12-24/h4-10,13,23H,1-3,11-12,21-22H2,(H,25,26)/b19-18+. The Morgan fingerprint density at radius 3 is 2.37 bits per heavy atom. The van der Waals surface area contributed by atoms with Crippen molar-refractivity contribution in [3.8, 4) is 11.1 Å². The van der Waals surface area contributed by atoms with Crippen LogP contribution in [-0.2, 0) is 4.79 Å². The van der Waals surface area contributed by atoms with Gasteiger partial charge in [0.1, 0.15) is 5.03 Å². The van der Waals surface area contributed by atoms with Gasteiger partial charge in [0.15, 0.2) is 5.70 Å².